The predicted octanol–water partition coefficient (Wildman–Crippen LogP) is 3.67. The van der Waals surface area contributed by atoms with E-state index < -0.39 is 0 Å². The molecule has 0 saturated heterocycles. The largest absolute Gasteiger partial charge is 0.313 e. The quantitative estimate of drug-likeness (QED) is 0.525. The van der Waals surface area contributed by atoms with Crippen LogP contribution < -0.4 is 5.32 Å². The Balaban J connectivity index is 3.13. The van der Waals surface area contributed by atoms with E-state index in [1.807, 2.05) is 0 Å². The first-order valence-corrected chi connectivity index (χ1v) is 7.58. The van der Waals surface area contributed by atoms with Crippen LogP contribution in [0, 0.1) is 0 Å². The van der Waals surface area contributed by atoms with E-state index in [1.165, 1.54) is 58.0 Å². The van der Waals surface area contributed by atoms with E-state index in [4.69, 9.17) is 0 Å². The maximum Gasteiger partial charge on any atom is 0.0104 e. The molecule has 0 aromatic heterocycles. The van der Waals surface area contributed by atoms with Crippen molar-refractivity contribution in [2.24, 2.45) is 0 Å². The fourth-order valence-electron chi connectivity index (χ4n) is 1.99. The first kappa shape index (κ1) is 16.9. The van der Waals surface area contributed by atoms with Crippen molar-refractivity contribution in [3.05, 3.63) is 0 Å². The van der Waals surface area contributed by atoms with Gasteiger partial charge in [0, 0.05) is 19.1 Å². The van der Waals surface area contributed by atoms with Gasteiger partial charge in [-0.2, -0.15) is 0 Å². The van der Waals surface area contributed by atoms with E-state index in [-0.39, 0.29) is 0 Å². The lowest BCUT2D eigenvalue weighted by atomic mass is 10.1. The predicted molar refractivity (Wildman–Crippen MR) is 78.6 cm³/mol. The van der Waals surface area contributed by atoms with Crippen molar-refractivity contribution < 1.29 is 0 Å². The molecule has 17 heavy (non-hydrogen) atoms. The highest BCUT2D eigenvalue weighted by Crippen LogP contribution is 2.06. The summed E-state index contributed by atoms with van der Waals surface area (Å²) >= 11 is 0. The smallest absolute Gasteiger partial charge is 0.0104 e. The molecule has 1 N–H and O–H groups in total. The van der Waals surface area contributed by atoms with Gasteiger partial charge in [0.05, 0.1) is 0 Å². The van der Waals surface area contributed by atoms with Crippen LogP contribution in [0.3, 0.4) is 0 Å². The molecule has 0 rings (SSSR count). The van der Waals surface area contributed by atoms with Crippen molar-refractivity contribution >= 4 is 0 Å². The Hall–Kier alpha value is -0.0800. The average Bonchev–Trinajstić information content (AvgIpc) is 2.27. The Bertz CT molecular complexity index is 146. The van der Waals surface area contributed by atoms with E-state index >= 15 is 0 Å². The van der Waals surface area contributed by atoms with Gasteiger partial charge in [0.15, 0.2) is 0 Å². The Morgan fingerprint density at radius 3 is 2.06 bits per heavy atom. The maximum atomic E-state index is 3.46. The number of hydrogen-bond donors (Lipinski definition) is 1. The van der Waals surface area contributed by atoms with Crippen LogP contribution in [-0.2, 0) is 0 Å². The Morgan fingerprint density at radius 2 is 1.47 bits per heavy atom. The third-order valence-electron chi connectivity index (χ3n) is 3.19. The molecule has 0 aliphatic carbocycles. The van der Waals surface area contributed by atoms with Gasteiger partial charge in [0.2, 0.25) is 0 Å². The summed E-state index contributed by atoms with van der Waals surface area (Å²) in [6.45, 7) is 10.2. The molecule has 2 nitrogen and oxygen atoms in total. The molecular weight excluding hydrogens is 208 g/mol. The molecule has 0 radical (unpaired) electrons. The van der Waals surface area contributed by atoms with Gasteiger partial charge >= 0.3 is 0 Å². The molecule has 0 fully saturated rings. The summed E-state index contributed by atoms with van der Waals surface area (Å²) in [4.78, 5) is 2.45. The second kappa shape index (κ2) is 12.4. The highest BCUT2D eigenvalue weighted by Gasteiger charge is 1.98. The molecule has 0 saturated carbocycles. The van der Waals surface area contributed by atoms with Crippen LogP contribution >= 0.6 is 0 Å². The molecule has 0 aliphatic rings. The Kier molecular flexibility index (Phi) is 12.3. The van der Waals surface area contributed by atoms with Crippen molar-refractivity contribution in [1.29, 1.82) is 0 Å². The summed E-state index contributed by atoms with van der Waals surface area (Å²) < 4.78 is 0. The lowest BCUT2D eigenvalue weighted by molar-refractivity contribution is 0.317. The third kappa shape index (κ3) is 13.9. The summed E-state index contributed by atoms with van der Waals surface area (Å²) in [6, 6.07) is 0.613. The number of nitrogens with zero attached hydrogens (tertiary/aromatic N) is 1. The van der Waals surface area contributed by atoms with E-state index in [2.05, 4.69) is 38.0 Å². The topological polar surface area (TPSA) is 15.3 Å². The molecule has 2 heteroatoms. The van der Waals surface area contributed by atoms with E-state index in [0.717, 1.165) is 6.54 Å². The molecule has 0 spiro atoms. The number of unbranched alkanes of at least 4 members (excludes halogenated alkanes) is 6. The molecule has 0 amide bonds. The van der Waals surface area contributed by atoms with Crippen LogP contribution in [0.15, 0.2) is 0 Å². The van der Waals surface area contributed by atoms with Crippen LogP contribution in [0.5, 0.6) is 0 Å². The van der Waals surface area contributed by atoms with E-state index in [9.17, 15) is 0 Å². The van der Waals surface area contributed by atoms with Gasteiger partial charge in [0.25, 0.3) is 0 Å². The minimum atomic E-state index is 0.613. The van der Waals surface area contributed by atoms with Crippen LogP contribution in [0.2, 0.25) is 0 Å². The highest BCUT2D eigenvalue weighted by atomic mass is 15.1. The fourth-order valence-corrected chi connectivity index (χ4v) is 1.99. The summed E-state index contributed by atoms with van der Waals surface area (Å²) in [6.07, 6.45) is 9.84. The molecule has 0 atom stereocenters. The lowest BCUT2D eigenvalue weighted by Crippen LogP contribution is -2.33. The minimum absolute atomic E-state index is 0.613. The summed E-state index contributed by atoms with van der Waals surface area (Å²) in [7, 11) is 2.24. The normalized spacial score (nSPS) is 11.6. The van der Waals surface area contributed by atoms with Crippen LogP contribution in [0.25, 0.3) is 0 Å². The SMILES string of the molecule is CCCCCCCCCN(C)CCNC(C)C. The zero-order valence-corrected chi connectivity index (χ0v) is 12.6. The van der Waals surface area contributed by atoms with Crippen LogP contribution in [-0.4, -0.2) is 37.6 Å². The summed E-state index contributed by atoms with van der Waals surface area (Å²) in [5.41, 5.74) is 0. The van der Waals surface area contributed by atoms with Gasteiger partial charge in [-0.15, -0.1) is 0 Å². The molecule has 0 unspecified atom stereocenters. The molecule has 0 aromatic carbocycles. The van der Waals surface area contributed by atoms with Gasteiger partial charge in [-0.3, -0.25) is 0 Å². The molecule has 0 heterocycles. The van der Waals surface area contributed by atoms with Crippen LogP contribution in [0.4, 0.5) is 0 Å². The number of rotatable bonds is 12. The van der Waals surface area contributed by atoms with Crippen LogP contribution in [0.1, 0.15) is 65.7 Å². The van der Waals surface area contributed by atoms with Crippen molar-refractivity contribution in [2.45, 2.75) is 71.8 Å². The Labute approximate surface area is 109 Å². The molecule has 0 aliphatic heterocycles. The third-order valence-corrected chi connectivity index (χ3v) is 3.19. The van der Waals surface area contributed by atoms with Gasteiger partial charge in [-0.1, -0.05) is 59.3 Å². The van der Waals surface area contributed by atoms with Gasteiger partial charge in [0.1, 0.15) is 0 Å². The summed E-state index contributed by atoms with van der Waals surface area (Å²) in [5, 5.41) is 3.46. The van der Waals surface area contributed by atoms with Crippen molar-refractivity contribution in [3.63, 3.8) is 0 Å². The molecule has 104 valence electrons. The number of likely N-dealkylation sites (N-methyl/N-ethyl adjacent to an activating group) is 1. The Morgan fingerprint density at radius 1 is 0.882 bits per heavy atom. The minimum Gasteiger partial charge on any atom is -0.313 e. The first-order chi connectivity index (χ1) is 8.16. The van der Waals surface area contributed by atoms with Gasteiger partial charge in [-0.25, -0.2) is 0 Å². The zero-order valence-electron chi connectivity index (χ0n) is 12.6. The monoisotopic (exact) mass is 242 g/mol. The maximum absolute atomic E-state index is 3.46. The van der Waals surface area contributed by atoms with Gasteiger partial charge < -0.3 is 10.2 Å². The van der Waals surface area contributed by atoms with E-state index in [1.54, 1.807) is 0 Å². The standard InChI is InChI=1S/C15H34N2/c1-5-6-7-8-9-10-11-13-17(4)14-12-16-15(2)3/h15-16H,5-14H2,1-4H3. The fraction of sp³-hybridized carbons (Fsp3) is 1.00. The van der Waals surface area contributed by atoms with Crippen molar-refractivity contribution in [2.75, 3.05) is 26.7 Å². The van der Waals surface area contributed by atoms with Gasteiger partial charge in [-0.05, 0) is 20.0 Å². The molecule has 0 aromatic rings. The van der Waals surface area contributed by atoms with E-state index in [0.29, 0.717) is 6.04 Å². The second-order valence-electron chi connectivity index (χ2n) is 5.53. The average molecular weight is 242 g/mol. The molecular formula is C15H34N2. The number of hydrogen-bond acceptors (Lipinski definition) is 2. The summed E-state index contributed by atoms with van der Waals surface area (Å²) in [5.74, 6) is 0. The lowest BCUT2D eigenvalue weighted by Gasteiger charge is -2.17. The van der Waals surface area contributed by atoms with Crippen molar-refractivity contribution in [1.82, 2.24) is 10.2 Å². The first-order valence-electron chi connectivity index (χ1n) is 7.58. The second-order valence-corrected chi connectivity index (χ2v) is 5.53. The molecule has 0 bridgehead atoms. The zero-order chi connectivity index (χ0) is 12.9. The van der Waals surface area contributed by atoms with Crippen molar-refractivity contribution in [3.8, 4) is 0 Å². The number of nitrogens with one attached hydrogen (secondary N) is 1. The highest BCUT2D eigenvalue weighted by molar-refractivity contribution is 4.58.